The normalized spacial score (nSPS) is 23.0. The van der Waals surface area contributed by atoms with Gasteiger partial charge in [0.05, 0.1) is 0 Å². The van der Waals surface area contributed by atoms with Crippen molar-refractivity contribution < 1.29 is 9.59 Å². The van der Waals surface area contributed by atoms with Crippen molar-refractivity contribution in [3.8, 4) is 0 Å². The molecular formula is C40H83N5O2. The first-order valence-electron chi connectivity index (χ1n) is 20.1. The SMILES string of the molecule is CC(C)N1CCCC1.CC(C)N1CCCC1C.CC(C)N1CCCCC1.CC(C)N1CCCCC1.CC(C)N1CCCCC1.O=C=O. The van der Waals surface area contributed by atoms with Crippen molar-refractivity contribution in [2.75, 3.05) is 58.9 Å². The highest BCUT2D eigenvalue weighted by Gasteiger charge is 2.21. The van der Waals surface area contributed by atoms with Gasteiger partial charge in [-0.3, -0.25) is 4.90 Å². The zero-order chi connectivity index (χ0) is 35.6. The van der Waals surface area contributed by atoms with Gasteiger partial charge in [0.15, 0.2) is 0 Å². The Kier molecular flexibility index (Phi) is 28.5. The van der Waals surface area contributed by atoms with E-state index in [1.807, 2.05) is 0 Å². The van der Waals surface area contributed by atoms with Crippen LogP contribution in [0.4, 0.5) is 0 Å². The summed E-state index contributed by atoms with van der Waals surface area (Å²) >= 11 is 0. The molecule has 1 atom stereocenters. The lowest BCUT2D eigenvalue weighted by Gasteiger charge is -2.29. The van der Waals surface area contributed by atoms with Crippen LogP contribution in [0.3, 0.4) is 0 Å². The van der Waals surface area contributed by atoms with Crippen molar-refractivity contribution in [2.45, 2.75) is 196 Å². The summed E-state index contributed by atoms with van der Waals surface area (Å²) in [5.74, 6) is 0. The van der Waals surface area contributed by atoms with Crippen LogP contribution in [0.15, 0.2) is 0 Å². The second kappa shape index (κ2) is 29.0. The summed E-state index contributed by atoms with van der Waals surface area (Å²) < 4.78 is 0. The molecule has 0 aliphatic carbocycles. The van der Waals surface area contributed by atoms with E-state index in [4.69, 9.17) is 9.59 Å². The molecule has 0 saturated carbocycles. The molecule has 0 aromatic carbocycles. The van der Waals surface area contributed by atoms with Crippen LogP contribution >= 0.6 is 0 Å². The van der Waals surface area contributed by atoms with E-state index in [-0.39, 0.29) is 6.15 Å². The average Bonchev–Trinajstić information content (AvgIpc) is 3.77. The molecule has 5 saturated heterocycles. The third kappa shape index (κ3) is 23.3. The van der Waals surface area contributed by atoms with Crippen LogP contribution in [0.2, 0.25) is 0 Å². The van der Waals surface area contributed by atoms with Gasteiger partial charge in [0.2, 0.25) is 0 Å². The van der Waals surface area contributed by atoms with E-state index in [0.29, 0.717) is 0 Å². The van der Waals surface area contributed by atoms with Crippen LogP contribution in [0, 0.1) is 0 Å². The zero-order valence-electron chi connectivity index (χ0n) is 33.6. The largest absolute Gasteiger partial charge is 0.373 e. The fourth-order valence-corrected chi connectivity index (χ4v) is 7.28. The summed E-state index contributed by atoms with van der Waals surface area (Å²) in [5, 5.41) is 0. The molecule has 5 aliphatic rings. The molecule has 280 valence electrons. The molecule has 0 N–H and O–H groups in total. The van der Waals surface area contributed by atoms with Crippen LogP contribution < -0.4 is 0 Å². The predicted octanol–water partition coefficient (Wildman–Crippen LogP) is 8.43. The van der Waals surface area contributed by atoms with Gasteiger partial charge in [-0.25, -0.2) is 0 Å². The first-order chi connectivity index (χ1) is 22.3. The maximum atomic E-state index is 8.12. The number of nitrogens with zero attached hydrogens (tertiary/aromatic N) is 5. The molecule has 47 heavy (non-hydrogen) atoms. The fraction of sp³-hybridized carbons (Fsp3) is 0.975. The molecule has 1 unspecified atom stereocenters. The lowest BCUT2D eigenvalue weighted by molar-refractivity contribution is -0.191. The molecule has 7 heteroatoms. The maximum absolute atomic E-state index is 8.12. The quantitative estimate of drug-likeness (QED) is 0.292. The van der Waals surface area contributed by atoms with E-state index in [9.17, 15) is 0 Å². The molecule has 5 aliphatic heterocycles. The molecule has 0 bridgehead atoms. The second-order valence-corrected chi connectivity index (χ2v) is 15.8. The monoisotopic (exact) mass is 666 g/mol. The molecule has 7 nitrogen and oxygen atoms in total. The van der Waals surface area contributed by atoms with E-state index >= 15 is 0 Å². The van der Waals surface area contributed by atoms with Crippen LogP contribution in [0.5, 0.6) is 0 Å². The van der Waals surface area contributed by atoms with E-state index in [0.717, 1.165) is 36.3 Å². The van der Waals surface area contributed by atoms with Gasteiger partial charge < -0.3 is 19.6 Å². The lowest BCUT2D eigenvalue weighted by atomic mass is 10.1. The first kappa shape index (κ1) is 46.2. The summed E-state index contributed by atoms with van der Waals surface area (Å²) in [6.07, 6.45) is 18.7. The molecule has 0 aromatic heterocycles. The Labute approximate surface area is 294 Å². The fourth-order valence-electron chi connectivity index (χ4n) is 7.28. The van der Waals surface area contributed by atoms with Crippen molar-refractivity contribution in [1.82, 2.24) is 24.5 Å². The van der Waals surface area contributed by atoms with Crippen LogP contribution in [-0.4, -0.2) is 126 Å². The van der Waals surface area contributed by atoms with Crippen LogP contribution in [0.25, 0.3) is 0 Å². The molecule has 0 radical (unpaired) electrons. The number of hydrogen-bond acceptors (Lipinski definition) is 7. The number of hydrogen-bond donors (Lipinski definition) is 0. The van der Waals surface area contributed by atoms with Crippen molar-refractivity contribution in [3.05, 3.63) is 0 Å². The smallest absolute Gasteiger partial charge is 0.301 e. The molecule has 0 spiro atoms. The number of piperidine rings is 3. The Balaban J connectivity index is 0.000000551. The van der Waals surface area contributed by atoms with Gasteiger partial charge in [0.1, 0.15) is 0 Å². The number of carbonyl (C=O) groups excluding carboxylic acids is 2. The third-order valence-corrected chi connectivity index (χ3v) is 10.5. The summed E-state index contributed by atoms with van der Waals surface area (Å²) in [6, 6.07) is 4.67. The van der Waals surface area contributed by atoms with Crippen molar-refractivity contribution in [2.24, 2.45) is 0 Å². The maximum Gasteiger partial charge on any atom is 0.373 e. The van der Waals surface area contributed by atoms with Gasteiger partial charge in [0.25, 0.3) is 0 Å². The van der Waals surface area contributed by atoms with E-state index in [2.05, 4.69) is 101 Å². The highest BCUT2D eigenvalue weighted by Crippen LogP contribution is 2.18. The van der Waals surface area contributed by atoms with Crippen molar-refractivity contribution in [3.63, 3.8) is 0 Å². The van der Waals surface area contributed by atoms with E-state index in [1.54, 1.807) is 0 Å². The Hall–Kier alpha value is -0.820. The van der Waals surface area contributed by atoms with Crippen molar-refractivity contribution in [1.29, 1.82) is 0 Å². The van der Waals surface area contributed by atoms with Crippen LogP contribution in [-0.2, 0) is 9.59 Å². The molecule has 0 aromatic rings. The van der Waals surface area contributed by atoms with Crippen molar-refractivity contribution >= 4 is 6.15 Å². The number of rotatable bonds is 5. The van der Waals surface area contributed by atoms with Gasteiger partial charge in [-0.2, -0.15) is 9.59 Å². The minimum Gasteiger partial charge on any atom is -0.301 e. The minimum absolute atomic E-state index is 0.250. The molecule has 0 amide bonds. The standard InChI is InChI=1S/4C8H17N.C7H15N.CO2/c1-7(2)9-6-4-5-8(9)3;3*1-8(2)9-6-4-3-5-7-9;1-7(2)8-5-3-4-6-8;2-1-3/h7-8H,4-6H2,1-3H3;3*8H,3-7H2,1-2H3;7H,3-6H2,1-2H3;. The third-order valence-electron chi connectivity index (χ3n) is 10.5. The summed E-state index contributed by atoms with van der Waals surface area (Å²) in [5.41, 5.74) is 0. The van der Waals surface area contributed by atoms with Crippen LogP contribution in [0.1, 0.15) is 160 Å². The van der Waals surface area contributed by atoms with Gasteiger partial charge in [-0.15, -0.1) is 0 Å². The molecular weight excluding hydrogens is 582 g/mol. The highest BCUT2D eigenvalue weighted by molar-refractivity contribution is 5.20. The van der Waals surface area contributed by atoms with Gasteiger partial charge >= 0.3 is 6.15 Å². The Bertz CT molecular complexity index is 662. The van der Waals surface area contributed by atoms with Gasteiger partial charge in [-0.05, 0) is 199 Å². The first-order valence-corrected chi connectivity index (χ1v) is 20.1. The summed E-state index contributed by atoms with van der Waals surface area (Å²) in [7, 11) is 0. The number of likely N-dealkylation sites (tertiary alicyclic amines) is 5. The molecule has 5 heterocycles. The van der Waals surface area contributed by atoms with Gasteiger partial charge in [-0.1, -0.05) is 19.3 Å². The lowest BCUT2D eigenvalue weighted by Crippen LogP contribution is -2.35. The van der Waals surface area contributed by atoms with E-state index in [1.165, 1.54) is 142 Å². The van der Waals surface area contributed by atoms with Gasteiger partial charge in [0, 0.05) is 36.3 Å². The highest BCUT2D eigenvalue weighted by atomic mass is 16.2. The zero-order valence-corrected chi connectivity index (χ0v) is 33.6. The Morgan fingerprint density at radius 3 is 0.745 bits per heavy atom. The topological polar surface area (TPSA) is 50.3 Å². The van der Waals surface area contributed by atoms with E-state index < -0.39 is 0 Å². The Morgan fingerprint density at radius 1 is 0.383 bits per heavy atom. The molecule has 5 rings (SSSR count). The Morgan fingerprint density at radius 2 is 0.617 bits per heavy atom. The summed E-state index contributed by atoms with van der Waals surface area (Å²) in [4.78, 5) is 29.0. The average molecular weight is 666 g/mol. The predicted molar refractivity (Wildman–Crippen MR) is 203 cm³/mol. The molecule has 5 fully saturated rings. The minimum atomic E-state index is 0.250. The second-order valence-electron chi connectivity index (χ2n) is 15.8. The summed E-state index contributed by atoms with van der Waals surface area (Å²) in [6.45, 7) is 37.1.